The maximum atomic E-state index is 12.4. The average Bonchev–Trinajstić information content (AvgIpc) is 3.18. The van der Waals surface area contributed by atoms with Gasteiger partial charge in [0.25, 0.3) is 5.91 Å². The third-order valence-electron chi connectivity index (χ3n) is 4.33. The number of esters is 1. The van der Waals surface area contributed by atoms with Gasteiger partial charge in [0, 0.05) is 17.2 Å². The van der Waals surface area contributed by atoms with Crippen molar-refractivity contribution in [1.29, 1.82) is 0 Å². The van der Waals surface area contributed by atoms with E-state index in [0.29, 0.717) is 10.1 Å². The molecule has 2 aromatic rings. The van der Waals surface area contributed by atoms with Crippen LogP contribution in [0.2, 0.25) is 0 Å². The Hall–Kier alpha value is -1.92. The molecule has 2 aromatic carbocycles. The number of rotatable bonds is 5. The number of hydrogen-bond donors (Lipinski definition) is 1. The predicted molar refractivity (Wildman–Crippen MR) is 114 cm³/mol. The Bertz CT molecular complexity index is 830. The first-order valence-corrected chi connectivity index (χ1v) is 11.0. The Labute approximate surface area is 168 Å². The van der Waals surface area contributed by atoms with Crippen molar-refractivity contribution < 1.29 is 14.3 Å². The largest absolute Gasteiger partial charge is 0.449 e. The standard InChI is InChI=1S/C21H23NO3S2/c1-13-4-9-18(14(2)12-13)22-19(23)15(3)25-20(24)16-5-7-17(8-6-16)21-26-10-11-27-21/h4-9,12,15,21H,10-11H2,1-3H3,(H,22,23)/t15-/m1/s1. The normalized spacial score (nSPS) is 15.4. The van der Waals surface area contributed by atoms with Crippen LogP contribution in [0.1, 0.15) is 38.6 Å². The van der Waals surface area contributed by atoms with Gasteiger partial charge < -0.3 is 10.1 Å². The summed E-state index contributed by atoms with van der Waals surface area (Å²) in [6.07, 6.45) is -0.876. The third kappa shape index (κ3) is 5.08. The van der Waals surface area contributed by atoms with E-state index < -0.39 is 12.1 Å². The van der Waals surface area contributed by atoms with Crippen molar-refractivity contribution in [2.24, 2.45) is 0 Å². The van der Waals surface area contributed by atoms with Gasteiger partial charge in [-0.2, -0.15) is 0 Å². The first-order valence-electron chi connectivity index (χ1n) is 8.86. The molecule has 0 aromatic heterocycles. The molecule has 1 aliphatic rings. The van der Waals surface area contributed by atoms with Crippen LogP contribution < -0.4 is 5.32 Å². The zero-order valence-electron chi connectivity index (χ0n) is 15.7. The smallest absolute Gasteiger partial charge is 0.338 e. The van der Waals surface area contributed by atoms with Crippen molar-refractivity contribution in [1.82, 2.24) is 0 Å². The van der Waals surface area contributed by atoms with E-state index in [4.69, 9.17) is 4.74 Å². The molecule has 0 bridgehead atoms. The number of ether oxygens (including phenoxy) is 1. The Morgan fingerprint density at radius 1 is 1.07 bits per heavy atom. The Morgan fingerprint density at radius 3 is 2.37 bits per heavy atom. The van der Waals surface area contributed by atoms with Crippen molar-refractivity contribution >= 4 is 41.1 Å². The molecular formula is C21H23NO3S2. The lowest BCUT2D eigenvalue weighted by molar-refractivity contribution is -0.123. The first-order chi connectivity index (χ1) is 12.9. The van der Waals surface area contributed by atoms with E-state index in [1.807, 2.05) is 67.7 Å². The summed E-state index contributed by atoms with van der Waals surface area (Å²) in [5.41, 5.74) is 4.49. The van der Waals surface area contributed by atoms with Crippen molar-refractivity contribution in [2.75, 3.05) is 16.8 Å². The maximum Gasteiger partial charge on any atom is 0.338 e. The Kier molecular flexibility index (Phi) is 6.50. The van der Waals surface area contributed by atoms with Crippen LogP contribution in [-0.2, 0) is 9.53 Å². The number of hydrogen-bond acceptors (Lipinski definition) is 5. The molecule has 1 heterocycles. The first kappa shape index (κ1) is 19.8. The summed E-state index contributed by atoms with van der Waals surface area (Å²) >= 11 is 3.84. The molecule has 1 amide bonds. The predicted octanol–water partition coefficient (Wildman–Crippen LogP) is 4.97. The molecule has 0 aliphatic carbocycles. The lowest BCUT2D eigenvalue weighted by atomic mass is 10.1. The second-order valence-electron chi connectivity index (χ2n) is 6.55. The number of carbonyl (C=O) groups is 2. The van der Waals surface area contributed by atoms with E-state index >= 15 is 0 Å². The summed E-state index contributed by atoms with van der Waals surface area (Å²) in [6.45, 7) is 5.51. The van der Waals surface area contributed by atoms with Gasteiger partial charge in [-0.15, -0.1) is 23.5 Å². The van der Waals surface area contributed by atoms with E-state index in [2.05, 4.69) is 5.32 Å². The summed E-state index contributed by atoms with van der Waals surface area (Å²) in [4.78, 5) is 24.7. The molecule has 1 fully saturated rings. The Balaban J connectivity index is 1.58. The summed E-state index contributed by atoms with van der Waals surface area (Å²) in [7, 11) is 0. The van der Waals surface area contributed by atoms with Gasteiger partial charge >= 0.3 is 5.97 Å². The van der Waals surface area contributed by atoms with Gasteiger partial charge in [0.1, 0.15) is 0 Å². The zero-order chi connectivity index (χ0) is 19.4. The number of nitrogens with one attached hydrogen (secondary N) is 1. The monoisotopic (exact) mass is 401 g/mol. The van der Waals surface area contributed by atoms with Crippen LogP contribution in [0.3, 0.4) is 0 Å². The molecule has 0 spiro atoms. The lowest BCUT2D eigenvalue weighted by Crippen LogP contribution is -2.30. The minimum atomic E-state index is -0.876. The fraction of sp³-hybridized carbons (Fsp3) is 0.333. The third-order valence-corrected chi connectivity index (χ3v) is 7.44. The summed E-state index contributed by atoms with van der Waals surface area (Å²) in [5, 5.41) is 2.82. The molecule has 1 aliphatic heterocycles. The molecule has 6 heteroatoms. The maximum absolute atomic E-state index is 12.4. The lowest BCUT2D eigenvalue weighted by Gasteiger charge is -2.15. The van der Waals surface area contributed by atoms with Crippen LogP contribution in [-0.4, -0.2) is 29.5 Å². The molecular weight excluding hydrogens is 378 g/mol. The molecule has 3 rings (SSSR count). The number of thioether (sulfide) groups is 2. The van der Waals surface area contributed by atoms with Crippen molar-refractivity contribution in [2.45, 2.75) is 31.5 Å². The van der Waals surface area contributed by atoms with Crippen LogP contribution >= 0.6 is 23.5 Å². The second-order valence-corrected chi connectivity index (χ2v) is 9.28. The van der Waals surface area contributed by atoms with E-state index in [1.165, 1.54) is 5.56 Å². The van der Waals surface area contributed by atoms with Gasteiger partial charge in [-0.3, -0.25) is 4.79 Å². The fourth-order valence-electron chi connectivity index (χ4n) is 2.80. The highest BCUT2D eigenvalue weighted by molar-refractivity contribution is 8.19. The van der Waals surface area contributed by atoms with E-state index in [9.17, 15) is 9.59 Å². The second kappa shape index (κ2) is 8.85. The molecule has 4 nitrogen and oxygen atoms in total. The van der Waals surface area contributed by atoms with E-state index in [0.717, 1.165) is 28.3 Å². The number of amides is 1. The number of anilines is 1. The molecule has 0 radical (unpaired) electrons. The van der Waals surface area contributed by atoms with Crippen LogP contribution in [0.15, 0.2) is 42.5 Å². The highest BCUT2D eigenvalue weighted by Crippen LogP contribution is 2.45. The molecule has 1 saturated heterocycles. The van der Waals surface area contributed by atoms with Gasteiger partial charge in [-0.25, -0.2) is 4.79 Å². The van der Waals surface area contributed by atoms with Crippen LogP contribution in [0.25, 0.3) is 0 Å². The number of benzene rings is 2. The molecule has 0 unspecified atom stereocenters. The molecule has 1 N–H and O–H groups in total. The van der Waals surface area contributed by atoms with E-state index in [1.54, 1.807) is 19.1 Å². The number of aryl methyl sites for hydroxylation is 2. The van der Waals surface area contributed by atoms with Gasteiger partial charge in [0.15, 0.2) is 6.10 Å². The quantitative estimate of drug-likeness (QED) is 0.717. The van der Waals surface area contributed by atoms with Crippen molar-refractivity contribution in [3.8, 4) is 0 Å². The molecule has 142 valence electrons. The van der Waals surface area contributed by atoms with Gasteiger partial charge in [0.2, 0.25) is 0 Å². The van der Waals surface area contributed by atoms with Crippen molar-refractivity contribution in [3.63, 3.8) is 0 Å². The minimum Gasteiger partial charge on any atom is -0.449 e. The van der Waals surface area contributed by atoms with Gasteiger partial charge in [0.05, 0.1) is 10.1 Å². The average molecular weight is 402 g/mol. The minimum absolute atomic E-state index is 0.342. The topological polar surface area (TPSA) is 55.4 Å². The van der Waals surface area contributed by atoms with Crippen LogP contribution in [0, 0.1) is 13.8 Å². The summed E-state index contributed by atoms with van der Waals surface area (Å²) < 4.78 is 5.78. The molecule has 0 saturated carbocycles. The Morgan fingerprint density at radius 2 is 1.74 bits per heavy atom. The van der Waals surface area contributed by atoms with Crippen LogP contribution in [0.5, 0.6) is 0 Å². The van der Waals surface area contributed by atoms with Crippen molar-refractivity contribution in [3.05, 3.63) is 64.7 Å². The number of carbonyl (C=O) groups excluding carboxylic acids is 2. The molecule has 27 heavy (non-hydrogen) atoms. The summed E-state index contributed by atoms with van der Waals surface area (Å²) in [6, 6.07) is 13.3. The summed E-state index contributed by atoms with van der Waals surface area (Å²) in [5.74, 6) is 1.49. The molecule has 1 atom stereocenters. The highest BCUT2D eigenvalue weighted by Gasteiger charge is 2.21. The SMILES string of the molecule is Cc1ccc(NC(=O)[C@@H](C)OC(=O)c2ccc(C3SCCS3)cc2)c(C)c1. The van der Waals surface area contributed by atoms with Crippen LogP contribution in [0.4, 0.5) is 5.69 Å². The fourth-order valence-corrected chi connectivity index (χ4v) is 5.66. The van der Waals surface area contributed by atoms with E-state index in [-0.39, 0.29) is 5.91 Å². The highest BCUT2D eigenvalue weighted by atomic mass is 32.2. The van der Waals surface area contributed by atoms with Gasteiger partial charge in [-0.1, -0.05) is 29.8 Å². The van der Waals surface area contributed by atoms with Gasteiger partial charge in [-0.05, 0) is 50.1 Å². The zero-order valence-corrected chi connectivity index (χ0v) is 17.3.